The number of hydrogen-bond donors (Lipinski definition) is 3. The van der Waals surface area contributed by atoms with Gasteiger partial charge in [0.25, 0.3) is 0 Å². The van der Waals surface area contributed by atoms with E-state index >= 15 is 0 Å². The van der Waals surface area contributed by atoms with Crippen molar-refractivity contribution in [3.8, 4) is 0 Å². The lowest BCUT2D eigenvalue weighted by Crippen LogP contribution is -2.45. The molecule has 0 spiro atoms. The van der Waals surface area contributed by atoms with Gasteiger partial charge in [0.2, 0.25) is 21.8 Å². The summed E-state index contributed by atoms with van der Waals surface area (Å²) in [6.07, 6.45) is 0.855. The molecule has 0 bridgehead atoms. The van der Waals surface area contributed by atoms with Gasteiger partial charge in [-0.3, -0.25) is 9.59 Å². The van der Waals surface area contributed by atoms with Crippen LogP contribution >= 0.6 is 15.9 Å². The molecule has 2 aromatic carbocycles. The molecule has 2 rings (SSSR count). The molecule has 0 aromatic heterocycles. The van der Waals surface area contributed by atoms with Crippen molar-refractivity contribution in [1.82, 2.24) is 14.9 Å². The summed E-state index contributed by atoms with van der Waals surface area (Å²) in [5.74, 6) is -0.857. The first kappa shape index (κ1) is 25.0. The molecule has 0 aliphatic carbocycles. The maximum absolute atomic E-state index is 13.2. The third-order valence-electron chi connectivity index (χ3n) is 4.40. The fourth-order valence-electron chi connectivity index (χ4n) is 3.02. The van der Waals surface area contributed by atoms with Crippen LogP contribution in [0.5, 0.6) is 0 Å². The Morgan fingerprint density at radius 2 is 1.84 bits per heavy atom. The van der Waals surface area contributed by atoms with Gasteiger partial charge in [-0.25, -0.2) is 13.1 Å². The summed E-state index contributed by atoms with van der Waals surface area (Å²) in [7, 11) is -3.45. The van der Waals surface area contributed by atoms with Crippen LogP contribution in [0.3, 0.4) is 0 Å². The van der Waals surface area contributed by atoms with E-state index in [9.17, 15) is 23.1 Å². The standard InChI is InChI=1S/C21H26BrN3O5S/c1-31(29,30)24-11-10-19(27)25(12-13-26)20(17-8-5-9-18(22)14-17)21(28)23-15-16-6-3-2-4-7-16/h2-9,14,20,24,26H,10-13,15H2,1H3,(H,23,28). The maximum atomic E-state index is 13.2. The van der Waals surface area contributed by atoms with E-state index in [0.717, 1.165) is 16.3 Å². The largest absolute Gasteiger partial charge is 0.395 e. The number of carbonyl (C=O) groups is 2. The van der Waals surface area contributed by atoms with Gasteiger partial charge in [0.05, 0.1) is 12.9 Å². The summed E-state index contributed by atoms with van der Waals surface area (Å²) in [5.41, 5.74) is 1.47. The van der Waals surface area contributed by atoms with Crippen LogP contribution < -0.4 is 10.0 Å². The number of benzene rings is 2. The Morgan fingerprint density at radius 1 is 1.13 bits per heavy atom. The van der Waals surface area contributed by atoms with Gasteiger partial charge >= 0.3 is 0 Å². The van der Waals surface area contributed by atoms with Crippen LogP contribution in [0.1, 0.15) is 23.6 Å². The Kier molecular flexibility index (Phi) is 9.63. The number of carbonyl (C=O) groups excluding carboxylic acids is 2. The minimum Gasteiger partial charge on any atom is -0.395 e. The van der Waals surface area contributed by atoms with Gasteiger partial charge in [0, 0.05) is 30.5 Å². The van der Waals surface area contributed by atoms with Crippen molar-refractivity contribution in [3.05, 3.63) is 70.2 Å². The number of nitrogens with one attached hydrogen (secondary N) is 2. The van der Waals surface area contributed by atoms with E-state index in [1.54, 1.807) is 24.3 Å². The van der Waals surface area contributed by atoms with Crippen molar-refractivity contribution in [2.24, 2.45) is 0 Å². The molecule has 0 fully saturated rings. The minimum absolute atomic E-state index is 0.0757. The number of amides is 2. The third kappa shape index (κ3) is 8.41. The second-order valence-corrected chi connectivity index (χ2v) is 9.64. The van der Waals surface area contributed by atoms with Gasteiger partial charge in [0.15, 0.2) is 0 Å². The SMILES string of the molecule is CS(=O)(=O)NCCC(=O)N(CCO)C(C(=O)NCc1ccccc1)c1cccc(Br)c1. The van der Waals surface area contributed by atoms with Crippen molar-refractivity contribution < 1.29 is 23.1 Å². The molecule has 0 saturated heterocycles. The molecule has 2 aromatic rings. The Bertz CT molecular complexity index is 986. The van der Waals surface area contributed by atoms with E-state index in [1.165, 1.54) is 4.90 Å². The van der Waals surface area contributed by atoms with Gasteiger partial charge in [-0.15, -0.1) is 0 Å². The predicted molar refractivity (Wildman–Crippen MR) is 121 cm³/mol. The number of halogens is 1. The van der Waals surface area contributed by atoms with Crippen LogP contribution in [0.4, 0.5) is 0 Å². The summed E-state index contributed by atoms with van der Waals surface area (Å²) in [6, 6.07) is 15.4. The predicted octanol–water partition coefficient (Wildman–Crippen LogP) is 1.57. The quantitative estimate of drug-likeness (QED) is 0.423. The average Bonchev–Trinajstić information content (AvgIpc) is 2.71. The van der Waals surface area contributed by atoms with Crippen LogP contribution in [-0.4, -0.2) is 56.2 Å². The van der Waals surface area contributed by atoms with Crippen molar-refractivity contribution in [2.75, 3.05) is 26.0 Å². The monoisotopic (exact) mass is 511 g/mol. The first-order valence-corrected chi connectivity index (χ1v) is 12.3. The molecule has 31 heavy (non-hydrogen) atoms. The Balaban J connectivity index is 2.26. The first-order valence-electron chi connectivity index (χ1n) is 9.63. The second-order valence-electron chi connectivity index (χ2n) is 6.89. The molecule has 8 nitrogen and oxygen atoms in total. The van der Waals surface area contributed by atoms with Crippen molar-refractivity contribution in [2.45, 2.75) is 19.0 Å². The van der Waals surface area contributed by atoms with Crippen molar-refractivity contribution >= 4 is 37.8 Å². The van der Waals surface area contributed by atoms with Crippen LogP contribution in [0.25, 0.3) is 0 Å². The molecule has 2 amide bonds. The van der Waals surface area contributed by atoms with Gasteiger partial charge in [-0.1, -0.05) is 58.4 Å². The Hall–Kier alpha value is -2.27. The number of sulfonamides is 1. The van der Waals surface area contributed by atoms with Crippen molar-refractivity contribution in [3.63, 3.8) is 0 Å². The summed E-state index contributed by atoms with van der Waals surface area (Å²) in [6.45, 7) is -0.243. The second kappa shape index (κ2) is 11.9. The zero-order chi connectivity index (χ0) is 22.9. The fraction of sp³-hybridized carbons (Fsp3) is 0.333. The topological polar surface area (TPSA) is 116 Å². The highest BCUT2D eigenvalue weighted by Crippen LogP contribution is 2.25. The number of rotatable bonds is 11. The molecule has 0 aliphatic rings. The highest BCUT2D eigenvalue weighted by atomic mass is 79.9. The van der Waals surface area contributed by atoms with Crippen LogP contribution in [0.2, 0.25) is 0 Å². The molecule has 1 atom stereocenters. The average molecular weight is 512 g/mol. The first-order chi connectivity index (χ1) is 14.7. The zero-order valence-electron chi connectivity index (χ0n) is 17.1. The van der Waals surface area contributed by atoms with E-state index in [2.05, 4.69) is 26.0 Å². The van der Waals surface area contributed by atoms with E-state index in [4.69, 9.17) is 0 Å². The number of nitrogens with zero attached hydrogens (tertiary/aromatic N) is 1. The molecular weight excluding hydrogens is 486 g/mol. The summed E-state index contributed by atoms with van der Waals surface area (Å²) < 4.78 is 25.6. The normalized spacial score (nSPS) is 12.2. The van der Waals surface area contributed by atoms with Crippen molar-refractivity contribution in [1.29, 1.82) is 0 Å². The number of aliphatic hydroxyl groups is 1. The van der Waals surface area contributed by atoms with E-state index in [-0.39, 0.29) is 32.7 Å². The highest BCUT2D eigenvalue weighted by molar-refractivity contribution is 9.10. The third-order valence-corrected chi connectivity index (χ3v) is 5.62. The lowest BCUT2D eigenvalue weighted by molar-refractivity contribution is -0.141. The molecular formula is C21H26BrN3O5S. The molecule has 1 unspecified atom stereocenters. The molecule has 0 saturated carbocycles. The van der Waals surface area contributed by atoms with Gasteiger partial charge in [-0.05, 0) is 23.3 Å². The summed E-state index contributed by atoms with van der Waals surface area (Å²) in [4.78, 5) is 27.3. The molecule has 168 valence electrons. The summed E-state index contributed by atoms with van der Waals surface area (Å²) >= 11 is 3.38. The van der Waals surface area contributed by atoms with Gasteiger partial charge < -0.3 is 15.3 Å². The molecule has 10 heteroatoms. The minimum atomic E-state index is -3.45. The van der Waals surface area contributed by atoms with E-state index in [0.29, 0.717) is 5.56 Å². The number of aliphatic hydroxyl groups excluding tert-OH is 1. The fourth-order valence-corrected chi connectivity index (χ4v) is 3.91. The zero-order valence-corrected chi connectivity index (χ0v) is 19.5. The Labute approximate surface area is 190 Å². The van der Waals surface area contributed by atoms with Gasteiger partial charge in [0.1, 0.15) is 6.04 Å². The van der Waals surface area contributed by atoms with Crippen LogP contribution in [-0.2, 0) is 26.2 Å². The maximum Gasteiger partial charge on any atom is 0.247 e. The summed E-state index contributed by atoms with van der Waals surface area (Å²) in [5, 5.41) is 12.4. The molecule has 3 N–H and O–H groups in total. The molecule has 0 heterocycles. The smallest absolute Gasteiger partial charge is 0.247 e. The molecule has 0 radical (unpaired) electrons. The van der Waals surface area contributed by atoms with E-state index in [1.807, 2.05) is 30.3 Å². The van der Waals surface area contributed by atoms with E-state index < -0.39 is 27.9 Å². The Morgan fingerprint density at radius 3 is 2.45 bits per heavy atom. The van der Waals surface area contributed by atoms with Crippen LogP contribution in [0.15, 0.2) is 59.1 Å². The molecule has 0 aliphatic heterocycles. The highest BCUT2D eigenvalue weighted by Gasteiger charge is 2.31. The lowest BCUT2D eigenvalue weighted by Gasteiger charge is -2.31. The van der Waals surface area contributed by atoms with Gasteiger partial charge in [-0.2, -0.15) is 0 Å². The van der Waals surface area contributed by atoms with Crippen LogP contribution in [0, 0.1) is 0 Å². The lowest BCUT2D eigenvalue weighted by atomic mass is 10.0. The number of hydrogen-bond acceptors (Lipinski definition) is 5.